The average molecular weight is 354 g/mol. The van der Waals surface area contributed by atoms with Gasteiger partial charge in [-0.15, -0.1) is 0 Å². The fourth-order valence-corrected chi connectivity index (χ4v) is 3.11. The van der Waals surface area contributed by atoms with Gasteiger partial charge in [-0.1, -0.05) is 12.1 Å². The Morgan fingerprint density at radius 1 is 1.12 bits per heavy atom. The van der Waals surface area contributed by atoms with Crippen LogP contribution < -0.4 is 21.9 Å². The van der Waals surface area contributed by atoms with Crippen LogP contribution in [0.2, 0.25) is 0 Å². The molecule has 0 aliphatic heterocycles. The molecular formula is C18H18N4O2S. The lowest BCUT2D eigenvalue weighted by Gasteiger charge is -2.09. The molecule has 1 aromatic carbocycles. The number of nitrogen functional groups attached to an aromatic ring is 2. The zero-order chi connectivity index (χ0) is 17.8. The number of rotatable bonds is 6. The van der Waals surface area contributed by atoms with Crippen LogP contribution in [0, 0.1) is 0 Å². The summed E-state index contributed by atoms with van der Waals surface area (Å²) >= 11 is 1.65. The number of thiophene rings is 1. The molecule has 1 amide bonds. The van der Waals surface area contributed by atoms with Crippen molar-refractivity contribution in [2.45, 2.75) is 13.0 Å². The van der Waals surface area contributed by atoms with Crippen molar-refractivity contribution in [3.63, 3.8) is 0 Å². The number of primary amides is 1. The summed E-state index contributed by atoms with van der Waals surface area (Å²) in [6, 6.07) is 11.4. The van der Waals surface area contributed by atoms with Crippen molar-refractivity contribution in [1.29, 1.82) is 0 Å². The molecule has 0 aliphatic rings. The number of carbonyl (C=O) groups excluding carboxylic acids is 1. The number of pyridine rings is 1. The van der Waals surface area contributed by atoms with Gasteiger partial charge in [0.05, 0.1) is 0 Å². The van der Waals surface area contributed by atoms with Gasteiger partial charge in [0.25, 0.3) is 5.91 Å². The van der Waals surface area contributed by atoms with Gasteiger partial charge >= 0.3 is 0 Å². The number of aromatic nitrogens is 1. The van der Waals surface area contributed by atoms with Crippen LogP contribution in [-0.2, 0) is 13.0 Å². The Morgan fingerprint density at radius 3 is 2.48 bits per heavy atom. The Labute approximate surface area is 149 Å². The maximum absolute atomic E-state index is 11.3. The molecule has 3 aromatic rings. The summed E-state index contributed by atoms with van der Waals surface area (Å²) in [5, 5.41) is 4.08. The molecule has 25 heavy (non-hydrogen) atoms. The number of anilines is 2. The van der Waals surface area contributed by atoms with Gasteiger partial charge in [-0.2, -0.15) is 11.3 Å². The number of nitrogens with two attached hydrogens (primary N) is 3. The van der Waals surface area contributed by atoms with Crippen molar-refractivity contribution in [1.82, 2.24) is 4.98 Å². The van der Waals surface area contributed by atoms with Crippen LogP contribution in [0.3, 0.4) is 0 Å². The number of benzene rings is 1. The fraction of sp³-hybridized carbons (Fsp3) is 0.111. The molecule has 0 spiro atoms. The average Bonchev–Trinajstić information content (AvgIpc) is 3.06. The van der Waals surface area contributed by atoms with E-state index in [1.54, 1.807) is 17.4 Å². The largest absolute Gasteiger partial charge is 0.489 e. The molecule has 0 bridgehead atoms. The number of ether oxygens (including phenoxy) is 1. The summed E-state index contributed by atoms with van der Waals surface area (Å²) in [5.74, 6) is 0.172. The van der Waals surface area contributed by atoms with Gasteiger partial charge < -0.3 is 21.9 Å². The lowest BCUT2D eigenvalue weighted by atomic mass is 10.1. The molecule has 0 atom stereocenters. The number of nitrogens with zero attached hydrogens (tertiary/aromatic N) is 1. The van der Waals surface area contributed by atoms with E-state index in [-0.39, 0.29) is 17.1 Å². The van der Waals surface area contributed by atoms with Crippen molar-refractivity contribution >= 4 is 28.7 Å². The molecule has 2 aromatic heterocycles. The highest BCUT2D eigenvalue weighted by atomic mass is 32.1. The first-order chi connectivity index (χ1) is 12.0. The van der Waals surface area contributed by atoms with E-state index in [2.05, 4.69) is 10.4 Å². The molecule has 2 heterocycles. The quantitative estimate of drug-likeness (QED) is 0.629. The van der Waals surface area contributed by atoms with Crippen LogP contribution in [0.1, 0.15) is 27.2 Å². The normalized spacial score (nSPS) is 10.6. The second kappa shape index (κ2) is 7.23. The van der Waals surface area contributed by atoms with Gasteiger partial charge in [0.15, 0.2) is 0 Å². The Bertz CT molecular complexity index is 854. The number of carbonyl (C=O) groups is 1. The van der Waals surface area contributed by atoms with Crippen LogP contribution in [0.25, 0.3) is 0 Å². The first kappa shape index (κ1) is 16.8. The molecule has 7 heteroatoms. The van der Waals surface area contributed by atoms with Crippen LogP contribution in [-0.4, -0.2) is 10.9 Å². The minimum absolute atomic E-state index is 0.0539. The van der Waals surface area contributed by atoms with E-state index in [1.165, 1.54) is 0 Å². The summed E-state index contributed by atoms with van der Waals surface area (Å²) in [4.78, 5) is 15.5. The summed E-state index contributed by atoms with van der Waals surface area (Å²) in [6.07, 6.45) is 0.540. The molecule has 3 rings (SSSR count). The van der Waals surface area contributed by atoms with Gasteiger partial charge in [-0.3, -0.25) is 4.79 Å². The van der Waals surface area contributed by atoms with Crippen molar-refractivity contribution in [3.05, 3.63) is 69.5 Å². The summed E-state index contributed by atoms with van der Waals surface area (Å²) in [7, 11) is 0. The minimum Gasteiger partial charge on any atom is -0.489 e. The minimum atomic E-state index is -0.679. The summed E-state index contributed by atoms with van der Waals surface area (Å²) in [6.45, 7) is 0.548. The Hall–Kier alpha value is -3.06. The van der Waals surface area contributed by atoms with Crippen molar-refractivity contribution < 1.29 is 9.53 Å². The summed E-state index contributed by atoms with van der Waals surface area (Å²) < 4.78 is 5.74. The molecule has 0 unspecified atom stereocenters. The highest BCUT2D eigenvalue weighted by molar-refractivity contribution is 7.07. The third-order valence-corrected chi connectivity index (χ3v) is 4.40. The number of hydrogen-bond donors (Lipinski definition) is 3. The van der Waals surface area contributed by atoms with Crippen LogP contribution >= 0.6 is 11.3 Å². The van der Waals surface area contributed by atoms with Gasteiger partial charge in [0.1, 0.15) is 23.7 Å². The molecule has 6 nitrogen and oxygen atoms in total. The molecule has 128 valence electrons. The first-order valence-corrected chi connectivity index (χ1v) is 8.54. The summed E-state index contributed by atoms with van der Waals surface area (Å²) in [5.41, 5.74) is 20.0. The van der Waals surface area contributed by atoms with E-state index in [9.17, 15) is 4.79 Å². The zero-order valence-electron chi connectivity index (χ0n) is 13.4. The van der Waals surface area contributed by atoms with E-state index in [0.717, 1.165) is 16.9 Å². The van der Waals surface area contributed by atoms with Crippen LogP contribution in [0.4, 0.5) is 11.5 Å². The maximum atomic E-state index is 11.3. The van der Waals surface area contributed by atoms with Gasteiger partial charge in [-0.05, 0) is 46.2 Å². The molecular weight excluding hydrogens is 336 g/mol. The van der Waals surface area contributed by atoms with E-state index in [4.69, 9.17) is 21.9 Å². The van der Waals surface area contributed by atoms with Crippen LogP contribution in [0.15, 0.2) is 47.2 Å². The molecule has 0 saturated heterocycles. The maximum Gasteiger partial charge on any atom is 0.254 e. The highest BCUT2D eigenvalue weighted by Crippen LogP contribution is 2.21. The second-order valence-corrected chi connectivity index (χ2v) is 6.35. The fourth-order valence-electron chi connectivity index (χ4n) is 2.46. The van der Waals surface area contributed by atoms with Crippen LogP contribution in [0.5, 0.6) is 5.75 Å². The Kier molecular flexibility index (Phi) is 4.85. The topological polar surface area (TPSA) is 117 Å². The standard InChI is InChI=1S/C18H18N4O2S/c19-15-8-13(22-17(20)16(15)18(21)23)7-11-1-3-14(4-2-11)24-9-12-5-6-25-10-12/h1-6,8,10H,7,9H2,(H2,21,23)(H4,19,20,22). The number of amides is 1. The smallest absolute Gasteiger partial charge is 0.254 e. The SMILES string of the molecule is NC(=O)c1c(N)cc(Cc2ccc(OCc3ccsc3)cc2)nc1N. The molecule has 0 radical (unpaired) electrons. The highest BCUT2D eigenvalue weighted by Gasteiger charge is 2.13. The van der Waals surface area contributed by atoms with Crippen molar-refractivity contribution in [2.24, 2.45) is 5.73 Å². The van der Waals surface area contributed by atoms with E-state index >= 15 is 0 Å². The predicted octanol–water partition coefficient (Wildman–Crippen LogP) is 2.58. The monoisotopic (exact) mass is 354 g/mol. The first-order valence-electron chi connectivity index (χ1n) is 7.60. The third kappa shape index (κ3) is 4.07. The predicted molar refractivity (Wildman–Crippen MR) is 99.5 cm³/mol. The van der Waals surface area contributed by atoms with E-state index in [0.29, 0.717) is 18.7 Å². The third-order valence-electron chi connectivity index (χ3n) is 3.67. The lowest BCUT2D eigenvalue weighted by molar-refractivity contribution is 0.100. The molecule has 6 N–H and O–H groups in total. The Morgan fingerprint density at radius 2 is 1.88 bits per heavy atom. The molecule has 0 fully saturated rings. The lowest BCUT2D eigenvalue weighted by Crippen LogP contribution is -2.17. The number of hydrogen-bond acceptors (Lipinski definition) is 6. The van der Waals surface area contributed by atoms with E-state index < -0.39 is 5.91 Å². The van der Waals surface area contributed by atoms with Gasteiger partial charge in [0, 0.05) is 17.8 Å². The van der Waals surface area contributed by atoms with Gasteiger partial charge in [-0.25, -0.2) is 4.98 Å². The molecule has 0 saturated carbocycles. The second-order valence-electron chi connectivity index (χ2n) is 5.57. The van der Waals surface area contributed by atoms with Crippen molar-refractivity contribution in [2.75, 3.05) is 11.5 Å². The van der Waals surface area contributed by atoms with Gasteiger partial charge in [0.2, 0.25) is 0 Å². The van der Waals surface area contributed by atoms with E-state index in [1.807, 2.05) is 35.7 Å². The Balaban J connectivity index is 1.68. The zero-order valence-corrected chi connectivity index (χ0v) is 14.3. The van der Waals surface area contributed by atoms with Crippen molar-refractivity contribution in [3.8, 4) is 5.75 Å². The molecule has 0 aliphatic carbocycles.